The van der Waals surface area contributed by atoms with E-state index in [-0.39, 0.29) is 5.84 Å². The van der Waals surface area contributed by atoms with Gasteiger partial charge >= 0.3 is 0 Å². The molecule has 7 heteroatoms. The molecule has 1 aliphatic carbocycles. The van der Waals surface area contributed by atoms with E-state index in [1.54, 1.807) is 0 Å². The maximum Gasteiger partial charge on any atom is 0.140 e. The van der Waals surface area contributed by atoms with Crippen molar-refractivity contribution in [1.29, 1.82) is 0 Å². The second-order valence-corrected chi connectivity index (χ2v) is 5.58. The zero-order chi connectivity index (χ0) is 14.7. The van der Waals surface area contributed by atoms with Crippen LogP contribution in [0.15, 0.2) is 5.16 Å². The van der Waals surface area contributed by atoms with Crippen molar-refractivity contribution in [2.45, 2.75) is 52.2 Å². The summed E-state index contributed by atoms with van der Waals surface area (Å²) in [6, 6.07) is 0.582. The molecule has 1 saturated carbocycles. The zero-order valence-electron chi connectivity index (χ0n) is 12.0. The lowest BCUT2D eigenvalue weighted by atomic mass is 10.3. The minimum Gasteiger partial charge on any atom is -0.409 e. The van der Waals surface area contributed by atoms with Gasteiger partial charge in [0.2, 0.25) is 0 Å². The van der Waals surface area contributed by atoms with Crippen LogP contribution in [-0.2, 0) is 13.1 Å². The average molecular weight is 300 g/mol. The van der Waals surface area contributed by atoms with Gasteiger partial charge in [-0.2, -0.15) is 5.10 Å². The fourth-order valence-corrected chi connectivity index (χ4v) is 2.55. The molecule has 0 amide bonds. The molecule has 1 heterocycles. The molecule has 0 spiro atoms. The van der Waals surface area contributed by atoms with Crippen molar-refractivity contribution in [3.05, 3.63) is 16.4 Å². The van der Waals surface area contributed by atoms with E-state index in [1.165, 1.54) is 12.8 Å². The Hall–Kier alpha value is -1.27. The normalized spacial score (nSPS) is 16.1. The maximum atomic E-state index is 8.63. The number of nitrogens with two attached hydrogens (primary N) is 1. The van der Waals surface area contributed by atoms with Crippen molar-refractivity contribution in [2.75, 3.05) is 6.54 Å². The van der Waals surface area contributed by atoms with Gasteiger partial charge in [0, 0.05) is 32.1 Å². The van der Waals surface area contributed by atoms with Gasteiger partial charge in [0.25, 0.3) is 0 Å². The predicted molar refractivity (Wildman–Crippen MR) is 79.1 cm³/mol. The second kappa shape index (κ2) is 6.45. The Morgan fingerprint density at radius 2 is 2.30 bits per heavy atom. The third-order valence-corrected chi connectivity index (χ3v) is 4.14. The van der Waals surface area contributed by atoms with Gasteiger partial charge in [-0.1, -0.05) is 16.8 Å². The highest BCUT2D eigenvalue weighted by Gasteiger charge is 2.30. The molecular weight excluding hydrogens is 278 g/mol. The first kappa shape index (κ1) is 15.1. The van der Waals surface area contributed by atoms with Gasteiger partial charge < -0.3 is 10.9 Å². The number of oxime groups is 1. The van der Waals surface area contributed by atoms with Crippen LogP contribution >= 0.6 is 11.6 Å². The summed E-state index contributed by atoms with van der Waals surface area (Å²) in [7, 11) is 0. The molecule has 1 fully saturated rings. The Kier molecular flexibility index (Phi) is 4.88. The molecule has 0 aliphatic heterocycles. The van der Waals surface area contributed by atoms with Crippen molar-refractivity contribution in [3.8, 4) is 0 Å². The summed E-state index contributed by atoms with van der Waals surface area (Å²) in [5.74, 6) is 0.266. The molecule has 0 bridgehead atoms. The molecular formula is C13H22ClN5O. The number of rotatable bonds is 7. The third-order valence-electron chi connectivity index (χ3n) is 3.65. The summed E-state index contributed by atoms with van der Waals surface area (Å²) >= 11 is 6.35. The second-order valence-electron chi connectivity index (χ2n) is 5.20. The SMILES string of the molecule is CCn1nc(C)c(Cl)c1CN(CCC(N)=NO)C1CC1. The van der Waals surface area contributed by atoms with E-state index in [1.807, 2.05) is 11.6 Å². The number of aromatic nitrogens is 2. The molecule has 0 aromatic carbocycles. The quantitative estimate of drug-likeness (QED) is 0.349. The van der Waals surface area contributed by atoms with Gasteiger partial charge in [0.1, 0.15) is 5.84 Å². The highest BCUT2D eigenvalue weighted by molar-refractivity contribution is 6.31. The van der Waals surface area contributed by atoms with Crippen LogP contribution < -0.4 is 5.73 Å². The van der Waals surface area contributed by atoms with Crippen molar-refractivity contribution in [2.24, 2.45) is 10.9 Å². The molecule has 0 unspecified atom stereocenters. The lowest BCUT2D eigenvalue weighted by Crippen LogP contribution is -2.31. The minimum absolute atomic E-state index is 0.266. The monoisotopic (exact) mass is 299 g/mol. The number of aryl methyl sites for hydroxylation is 2. The molecule has 2 rings (SSSR count). The highest BCUT2D eigenvalue weighted by atomic mass is 35.5. The van der Waals surface area contributed by atoms with Crippen LogP contribution in [0.25, 0.3) is 0 Å². The molecule has 1 aromatic heterocycles. The average Bonchev–Trinajstić information content (AvgIpc) is 3.25. The van der Waals surface area contributed by atoms with E-state index in [9.17, 15) is 0 Å². The Labute approximate surface area is 124 Å². The molecule has 1 aromatic rings. The van der Waals surface area contributed by atoms with Crippen molar-refractivity contribution in [1.82, 2.24) is 14.7 Å². The van der Waals surface area contributed by atoms with E-state index in [0.29, 0.717) is 12.5 Å². The fraction of sp³-hybridized carbons (Fsp3) is 0.692. The fourth-order valence-electron chi connectivity index (χ4n) is 2.35. The van der Waals surface area contributed by atoms with E-state index >= 15 is 0 Å². The smallest absolute Gasteiger partial charge is 0.140 e. The molecule has 20 heavy (non-hydrogen) atoms. The number of hydrogen-bond acceptors (Lipinski definition) is 4. The van der Waals surface area contributed by atoms with Crippen LogP contribution in [-0.4, -0.2) is 38.3 Å². The van der Waals surface area contributed by atoms with Gasteiger partial charge in [0.15, 0.2) is 0 Å². The van der Waals surface area contributed by atoms with Gasteiger partial charge in [-0.3, -0.25) is 9.58 Å². The third kappa shape index (κ3) is 3.43. The van der Waals surface area contributed by atoms with Crippen LogP contribution in [0.2, 0.25) is 5.02 Å². The lowest BCUT2D eigenvalue weighted by Gasteiger charge is -2.22. The maximum absolute atomic E-state index is 8.63. The van der Waals surface area contributed by atoms with Crippen LogP contribution in [0.3, 0.4) is 0 Å². The van der Waals surface area contributed by atoms with E-state index in [0.717, 1.165) is 36.0 Å². The molecule has 112 valence electrons. The first-order valence-corrected chi connectivity index (χ1v) is 7.36. The summed E-state index contributed by atoms with van der Waals surface area (Å²) in [5, 5.41) is 16.9. The van der Waals surface area contributed by atoms with Crippen molar-refractivity contribution in [3.63, 3.8) is 0 Å². The summed E-state index contributed by atoms with van der Waals surface area (Å²) in [6.45, 7) is 6.32. The zero-order valence-corrected chi connectivity index (χ0v) is 12.8. The lowest BCUT2D eigenvalue weighted by molar-refractivity contribution is 0.251. The molecule has 1 aliphatic rings. The van der Waals surface area contributed by atoms with E-state index in [4.69, 9.17) is 22.5 Å². The van der Waals surface area contributed by atoms with Gasteiger partial charge in [-0.25, -0.2) is 0 Å². The van der Waals surface area contributed by atoms with Gasteiger partial charge in [0.05, 0.1) is 16.4 Å². The van der Waals surface area contributed by atoms with Gasteiger partial charge in [-0.15, -0.1) is 0 Å². The summed E-state index contributed by atoms with van der Waals surface area (Å²) in [6.07, 6.45) is 2.96. The first-order chi connectivity index (χ1) is 9.56. The molecule has 6 nitrogen and oxygen atoms in total. The minimum atomic E-state index is 0.266. The standard InChI is InChI=1S/C13H22ClN5O/c1-3-19-11(13(14)9(2)16-19)8-18(10-4-5-10)7-6-12(15)17-20/h10,20H,3-8H2,1-2H3,(H2,15,17). The van der Waals surface area contributed by atoms with Crippen LogP contribution in [0.1, 0.15) is 37.6 Å². The Balaban J connectivity index is 2.08. The van der Waals surface area contributed by atoms with Gasteiger partial charge in [-0.05, 0) is 26.7 Å². The van der Waals surface area contributed by atoms with E-state index < -0.39 is 0 Å². The Morgan fingerprint density at radius 3 is 2.85 bits per heavy atom. The summed E-state index contributed by atoms with van der Waals surface area (Å²) < 4.78 is 1.95. The Bertz CT molecular complexity index is 495. The van der Waals surface area contributed by atoms with Crippen molar-refractivity contribution < 1.29 is 5.21 Å². The Morgan fingerprint density at radius 1 is 1.60 bits per heavy atom. The summed E-state index contributed by atoms with van der Waals surface area (Å²) in [5.41, 5.74) is 7.48. The predicted octanol–water partition coefficient (Wildman–Crippen LogP) is 1.97. The highest BCUT2D eigenvalue weighted by Crippen LogP contribution is 2.30. The van der Waals surface area contributed by atoms with Crippen LogP contribution in [0, 0.1) is 6.92 Å². The van der Waals surface area contributed by atoms with Crippen LogP contribution in [0.5, 0.6) is 0 Å². The molecule has 0 radical (unpaired) electrons. The largest absolute Gasteiger partial charge is 0.409 e. The molecule has 0 atom stereocenters. The topological polar surface area (TPSA) is 79.7 Å². The van der Waals surface area contributed by atoms with E-state index in [2.05, 4.69) is 22.1 Å². The molecule has 3 N–H and O–H groups in total. The van der Waals surface area contributed by atoms with Crippen molar-refractivity contribution >= 4 is 17.4 Å². The number of nitrogens with zero attached hydrogens (tertiary/aromatic N) is 4. The van der Waals surface area contributed by atoms with Crippen LogP contribution in [0.4, 0.5) is 0 Å². The number of hydrogen-bond donors (Lipinski definition) is 2. The molecule has 0 saturated heterocycles. The number of amidine groups is 1. The summed E-state index contributed by atoms with van der Waals surface area (Å²) in [4.78, 5) is 2.34. The first-order valence-electron chi connectivity index (χ1n) is 6.99. The number of halogens is 1.